The van der Waals surface area contributed by atoms with Crippen LogP contribution in [-0.4, -0.2) is 36.2 Å². The van der Waals surface area contributed by atoms with Crippen LogP contribution in [0.3, 0.4) is 0 Å². The Hall–Kier alpha value is -3.21. The number of nitrogens with one attached hydrogen (secondary N) is 1. The maximum Gasteiger partial charge on any atom is 0.416 e. The second-order valence-electron chi connectivity index (χ2n) is 6.67. The standard InChI is InChI=1S/C20H19F3N4O3S/c1-3-30-19-26-17(14-7-4-6-13(10-14)12-31(2,28)29)25-18(27-19)24-16-9-5-8-15(11-16)20(21,22)23/h4-11H,3,12H2,1-2H3,(H,24,25,26,27). The summed E-state index contributed by atoms with van der Waals surface area (Å²) in [6.45, 7) is 2.00. The van der Waals surface area contributed by atoms with E-state index in [9.17, 15) is 21.6 Å². The maximum atomic E-state index is 13.0. The normalized spacial score (nSPS) is 11.9. The van der Waals surface area contributed by atoms with Gasteiger partial charge in [0.15, 0.2) is 15.7 Å². The minimum Gasteiger partial charge on any atom is -0.464 e. The van der Waals surface area contributed by atoms with Gasteiger partial charge in [0.1, 0.15) is 0 Å². The molecule has 0 bridgehead atoms. The van der Waals surface area contributed by atoms with E-state index in [0.717, 1.165) is 18.4 Å². The molecule has 0 radical (unpaired) electrons. The topological polar surface area (TPSA) is 94.1 Å². The molecular weight excluding hydrogens is 433 g/mol. The summed E-state index contributed by atoms with van der Waals surface area (Å²) in [4.78, 5) is 12.6. The third-order valence-corrected chi connectivity index (χ3v) is 4.81. The van der Waals surface area contributed by atoms with E-state index in [1.54, 1.807) is 31.2 Å². The van der Waals surface area contributed by atoms with Gasteiger partial charge in [-0.05, 0) is 36.8 Å². The predicted molar refractivity (Wildman–Crippen MR) is 110 cm³/mol. The Morgan fingerprint density at radius 3 is 2.45 bits per heavy atom. The van der Waals surface area contributed by atoms with Crippen LogP contribution in [0, 0.1) is 0 Å². The average molecular weight is 452 g/mol. The Labute approximate surface area is 177 Å². The molecule has 1 aromatic heterocycles. The van der Waals surface area contributed by atoms with Crippen molar-refractivity contribution in [2.24, 2.45) is 0 Å². The fraction of sp³-hybridized carbons (Fsp3) is 0.250. The molecule has 1 heterocycles. The zero-order valence-electron chi connectivity index (χ0n) is 16.6. The number of sulfone groups is 1. The number of halogens is 3. The summed E-state index contributed by atoms with van der Waals surface area (Å²) in [5, 5.41) is 2.74. The predicted octanol–water partition coefficient (Wildman–Crippen LogP) is 4.24. The molecule has 31 heavy (non-hydrogen) atoms. The molecule has 0 saturated heterocycles. The summed E-state index contributed by atoms with van der Waals surface area (Å²) < 4.78 is 67.5. The first-order valence-electron chi connectivity index (χ1n) is 9.14. The number of aromatic nitrogens is 3. The summed E-state index contributed by atoms with van der Waals surface area (Å²) in [6.07, 6.45) is -3.36. The van der Waals surface area contributed by atoms with Crippen LogP contribution < -0.4 is 10.1 Å². The number of benzene rings is 2. The molecule has 0 fully saturated rings. The fourth-order valence-electron chi connectivity index (χ4n) is 2.74. The Kier molecular flexibility index (Phi) is 6.44. The van der Waals surface area contributed by atoms with Crippen molar-refractivity contribution < 1.29 is 26.3 Å². The first-order valence-corrected chi connectivity index (χ1v) is 11.2. The van der Waals surface area contributed by atoms with Crippen LogP contribution in [0.25, 0.3) is 11.4 Å². The molecule has 0 aliphatic rings. The minimum atomic E-state index is -4.49. The number of hydrogen-bond donors (Lipinski definition) is 1. The number of alkyl halides is 3. The summed E-state index contributed by atoms with van der Waals surface area (Å²) in [5.41, 5.74) is 0.382. The molecule has 0 aliphatic heterocycles. The number of hydrogen-bond acceptors (Lipinski definition) is 7. The van der Waals surface area contributed by atoms with Gasteiger partial charge in [-0.25, -0.2) is 8.42 Å². The highest BCUT2D eigenvalue weighted by molar-refractivity contribution is 7.89. The van der Waals surface area contributed by atoms with E-state index in [1.165, 1.54) is 12.1 Å². The third-order valence-electron chi connectivity index (χ3n) is 3.95. The lowest BCUT2D eigenvalue weighted by Crippen LogP contribution is -2.07. The highest BCUT2D eigenvalue weighted by Crippen LogP contribution is 2.31. The zero-order valence-corrected chi connectivity index (χ0v) is 17.5. The Morgan fingerprint density at radius 2 is 1.77 bits per heavy atom. The molecule has 2 aromatic carbocycles. The molecule has 1 N–H and O–H groups in total. The summed E-state index contributed by atoms with van der Waals surface area (Å²) in [7, 11) is -3.24. The van der Waals surface area contributed by atoms with Crippen LogP contribution in [0.1, 0.15) is 18.1 Å². The van der Waals surface area contributed by atoms with E-state index in [0.29, 0.717) is 11.1 Å². The largest absolute Gasteiger partial charge is 0.464 e. The van der Waals surface area contributed by atoms with Crippen molar-refractivity contribution in [2.75, 3.05) is 18.2 Å². The van der Waals surface area contributed by atoms with Gasteiger partial charge in [0.05, 0.1) is 17.9 Å². The lowest BCUT2D eigenvalue weighted by Gasteiger charge is -2.12. The lowest BCUT2D eigenvalue weighted by molar-refractivity contribution is -0.137. The van der Waals surface area contributed by atoms with Crippen molar-refractivity contribution in [1.82, 2.24) is 15.0 Å². The molecule has 0 spiro atoms. The van der Waals surface area contributed by atoms with Crippen molar-refractivity contribution in [3.8, 4) is 17.4 Å². The highest BCUT2D eigenvalue weighted by Gasteiger charge is 2.30. The fourth-order valence-corrected chi connectivity index (χ4v) is 3.53. The van der Waals surface area contributed by atoms with Crippen LogP contribution >= 0.6 is 0 Å². The molecule has 7 nitrogen and oxygen atoms in total. The van der Waals surface area contributed by atoms with Gasteiger partial charge in [-0.2, -0.15) is 28.1 Å². The Morgan fingerprint density at radius 1 is 1.03 bits per heavy atom. The van der Waals surface area contributed by atoms with Gasteiger partial charge in [0.25, 0.3) is 0 Å². The van der Waals surface area contributed by atoms with Crippen LogP contribution in [0.15, 0.2) is 48.5 Å². The molecule has 0 unspecified atom stereocenters. The van der Waals surface area contributed by atoms with Gasteiger partial charge in [0, 0.05) is 17.5 Å². The first kappa shape index (κ1) is 22.5. The molecule has 0 aliphatic carbocycles. The van der Waals surface area contributed by atoms with Crippen molar-refractivity contribution >= 4 is 21.5 Å². The molecule has 164 valence electrons. The van der Waals surface area contributed by atoms with E-state index >= 15 is 0 Å². The molecule has 0 amide bonds. The van der Waals surface area contributed by atoms with Crippen molar-refractivity contribution in [3.05, 3.63) is 59.7 Å². The quantitative estimate of drug-likeness (QED) is 0.573. The second kappa shape index (κ2) is 8.88. The van der Waals surface area contributed by atoms with Gasteiger partial charge < -0.3 is 10.1 Å². The summed E-state index contributed by atoms with van der Waals surface area (Å²) in [6, 6.07) is 11.2. The minimum absolute atomic E-state index is 0.0127. The van der Waals surface area contributed by atoms with Gasteiger partial charge in [0.2, 0.25) is 5.95 Å². The SMILES string of the molecule is CCOc1nc(Nc2cccc(C(F)(F)F)c2)nc(-c2cccc(CS(C)(=O)=O)c2)n1. The monoisotopic (exact) mass is 452 g/mol. The number of anilines is 2. The van der Waals surface area contributed by atoms with Crippen molar-refractivity contribution in [1.29, 1.82) is 0 Å². The summed E-state index contributed by atoms with van der Waals surface area (Å²) in [5.74, 6) is 0.0177. The van der Waals surface area contributed by atoms with Crippen LogP contribution in [0.5, 0.6) is 6.01 Å². The second-order valence-corrected chi connectivity index (χ2v) is 8.81. The molecule has 0 atom stereocenters. The van der Waals surface area contributed by atoms with E-state index < -0.39 is 21.6 Å². The maximum absolute atomic E-state index is 13.0. The average Bonchev–Trinajstić information content (AvgIpc) is 2.66. The molecule has 0 saturated carbocycles. The lowest BCUT2D eigenvalue weighted by atomic mass is 10.1. The van der Waals surface area contributed by atoms with Crippen LogP contribution in [0.2, 0.25) is 0 Å². The molecule has 3 aromatic rings. The molecule has 11 heteroatoms. The van der Waals surface area contributed by atoms with E-state index in [1.807, 2.05) is 0 Å². The highest BCUT2D eigenvalue weighted by atomic mass is 32.2. The summed E-state index contributed by atoms with van der Waals surface area (Å²) >= 11 is 0. The number of rotatable bonds is 7. The van der Waals surface area contributed by atoms with Gasteiger partial charge >= 0.3 is 12.2 Å². The number of ether oxygens (including phenoxy) is 1. The van der Waals surface area contributed by atoms with Crippen molar-refractivity contribution in [3.63, 3.8) is 0 Å². The Bertz CT molecular complexity index is 1180. The number of nitrogens with zero attached hydrogens (tertiary/aromatic N) is 3. The first-order chi connectivity index (χ1) is 14.5. The van der Waals surface area contributed by atoms with E-state index in [-0.39, 0.29) is 35.8 Å². The van der Waals surface area contributed by atoms with Gasteiger partial charge in [-0.1, -0.05) is 24.3 Å². The zero-order chi connectivity index (χ0) is 22.6. The molecular formula is C20H19F3N4O3S. The smallest absolute Gasteiger partial charge is 0.416 e. The van der Waals surface area contributed by atoms with Crippen LogP contribution in [0.4, 0.5) is 24.8 Å². The Balaban J connectivity index is 1.98. The van der Waals surface area contributed by atoms with Gasteiger partial charge in [-0.3, -0.25) is 0 Å². The molecule has 3 rings (SSSR count). The van der Waals surface area contributed by atoms with E-state index in [4.69, 9.17) is 4.74 Å². The van der Waals surface area contributed by atoms with Crippen molar-refractivity contribution in [2.45, 2.75) is 18.9 Å². The van der Waals surface area contributed by atoms with Crippen LogP contribution in [-0.2, 0) is 21.8 Å². The van der Waals surface area contributed by atoms with E-state index in [2.05, 4.69) is 20.3 Å². The van der Waals surface area contributed by atoms with Gasteiger partial charge in [-0.15, -0.1) is 0 Å². The third kappa shape index (κ3) is 6.38.